The number of H-pyrrole nitrogens is 1. The largest absolute Gasteiger partial charge is 0.481 e. The number of rotatable bonds is 21. The van der Waals surface area contributed by atoms with E-state index in [4.69, 9.17) is 15.9 Å². The number of nitrogen functional groups attached to an aromatic ring is 1. The highest BCUT2D eigenvalue weighted by molar-refractivity contribution is 5.97. The number of carboxylic acids is 4. The average Bonchev–Trinajstić information content (AvgIpc) is 3.47. The van der Waals surface area contributed by atoms with Gasteiger partial charge in [0.25, 0.3) is 11.5 Å². The molecule has 0 aliphatic rings. The molecule has 0 aliphatic heterocycles. The fraction of sp³-hybridized carbons (Fsp3) is 0.406. The van der Waals surface area contributed by atoms with Gasteiger partial charge in [0.2, 0.25) is 17.8 Å². The first-order chi connectivity index (χ1) is 24.5. The van der Waals surface area contributed by atoms with Crippen molar-refractivity contribution in [2.24, 2.45) is 0 Å². The predicted molar refractivity (Wildman–Crippen MR) is 177 cm³/mol. The lowest BCUT2D eigenvalue weighted by Crippen LogP contribution is -2.45. The van der Waals surface area contributed by atoms with Crippen molar-refractivity contribution >= 4 is 58.6 Å². The molecule has 10 N–H and O–H groups in total. The lowest BCUT2D eigenvalue weighted by Gasteiger charge is -2.18. The van der Waals surface area contributed by atoms with Crippen LogP contribution >= 0.6 is 0 Å². The molecule has 3 aromatic rings. The molecule has 0 fully saturated rings. The minimum Gasteiger partial charge on any atom is -0.481 e. The lowest BCUT2D eigenvalue weighted by atomic mass is 10.0. The molecule has 20 heteroatoms. The number of hydrogen-bond donors (Lipinski definition) is 9. The van der Waals surface area contributed by atoms with Gasteiger partial charge in [0.1, 0.15) is 29.5 Å². The van der Waals surface area contributed by atoms with Crippen LogP contribution in [-0.2, 0) is 41.7 Å². The van der Waals surface area contributed by atoms with Crippen molar-refractivity contribution < 1.29 is 58.4 Å². The fourth-order valence-electron chi connectivity index (χ4n) is 5.19. The van der Waals surface area contributed by atoms with Crippen LogP contribution in [0.15, 0.2) is 35.3 Å². The van der Waals surface area contributed by atoms with Gasteiger partial charge < -0.3 is 46.7 Å². The molecule has 0 radical (unpaired) electrons. The Balaban J connectivity index is 1.48. The zero-order valence-corrected chi connectivity index (χ0v) is 27.6. The molecule has 52 heavy (non-hydrogen) atoms. The maximum atomic E-state index is 14.9. The molecule has 2 aromatic heterocycles. The van der Waals surface area contributed by atoms with Crippen LogP contribution in [0.2, 0.25) is 0 Å². The monoisotopic (exact) mass is 731 g/mol. The van der Waals surface area contributed by atoms with Crippen LogP contribution in [0.4, 0.5) is 10.3 Å². The molecule has 3 amide bonds. The van der Waals surface area contributed by atoms with Gasteiger partial charge >= 0.3 is 23.9 Å². The number of fused-ring (bicyclic) bond motifs is 1. The summed E-state index contributed by atoms with van der Waals surface area (Å²) in [5.74, 6) is -9.67. The maximum Gasteiger partial charge on any atom is 0.326 e. The van der Waals surface area contributed by atoms with Gasteiger partial charge in [-0.1, -0.05) is 6.07 Å². The van der Waals surface area contributed by atoms with Gasteiger partial charge in [0, 0.05) is 32.0 Å². The summed E-state index contributed by atoms with van der Waals surface area (Å²) in [5, 5.41) is 43.2. The molecule has 0 unspecified atom stereocenters. The summed E-state index contributed by atoms with van der Waals surface area (Å²) in [4.78, 5) is 101. The Labute approximate surface area is 293 Å². The number of unbranched alkanes of at least 4 members (excludes halogenated alkanes) is 1. The summed E-state index contributed by atoms with van der Waals surface area (Å²) in [6.45, 7) is 0.483. The third kappa shape index (κ3) is 11.9. The molecular formula is C32H38FN7O12. The van der Waals surface area contributed by atoms with E-state index in [0.717, 1.165) is 6.07 Å². The number of carbonyl (C=O) groups is 7. The van der Waals surface area contributed by atoms with Gasteiger partial charge in [-0.3, -0.25) is 29.0 Å². The summed E-state index contributed by atoms with van der Waals surface area (Å²) in [6, 6.07) is 0.703. The van der Waals surface area contributed by atoms with Gasteiger partial charge in [0.05, 0.1) is 11.1 Å². The number of nitrogens with two attached hydrogens (primary N) is 1. The Hall–Kier alpha value is -6.34. The molecule has 3 rings (SSSR count). The summed E-state index contributed by atoms with van der Waals surface area (Å²) in [6.07, 6.45) is 0.303. The standard InChI is InChI=1S/C32H38FN7O12/c33-18-15-16(3-1-2-13-40-14-12-19-26(40)28(46)39-32(34)38-19)4-5-17(18)27(45)37-22(31(51)52)7-10-24(42)35-20(29(47)48)6-9-23(41)36-21(30(49)50)8-11-25(43)44/h4-5,12,14-15,20-22H,1-3,6-11,13H2,(H,35,42)(H,36,41)(H,37,45)(H,43,44)(H,47,48)(H,49,50)(H,51,52)(H3,34,38,39,46)/t20-,21+,22+/m0/s1. The predicted octanol–water partition coefficient (Wildman–Crippen LogP) is 0.216. The molecule has 0 saturated heterocycles. The number of hydrogen-bond acceptors (Lipinski definition) is 10. The molecule has 0 saturated carbocycles. The number of aryl methyl sites for hydroxylation is 2. The third-order valence-corrected chi connectivity index (χ3v) is 7.87. The fourth-order valence-corrected chi connectivity index (χ4v) is 5.19. The zero-order chi connectivity index (χ0) is 38.5. The molecule has 280 valence electrons. The number of amides is 3. The second-order valence-corrected chi connectivity index (χ2v) is 11.8. The van der Waals surface area contributed by atoms with Gasteiger partial charge in [-0.2, -0.15) is 0 Å². The van der Waals surface area contributed by atoms with E-state index in [0.29, 0.717) is 42.4 Å². The normalized spacial score (nSPS) is 12.7. The van der Waals surface area contributed by atoms with E-state index in [9.17, 15) is 53.0 Å². The van der Waals surface area contributed by atoms with Crippen molar-refractivity contribution in [1.82, 2.24) is 30.5 Å². The smallest absolute Gasteiger partial charge is 0.326 e. The number of nitrogens with one attached hydrogen (secondary N) is 4. The van der Waals surface area contributed by atoms with E-state index in [1.807, 2.05) is 0 Å². The van der Waals surface area contributed by atoms with Crippen LogP contribution < -0.4 is 27.2 Å². The highest BCUT2D eigenvalue weighted by atomic mass is 19.1. The molecular weight excluding hydrogens is 693 g/mol. The molecule has 1 aromatic carbocycles. The van der Waals surface area contributed by atoms with Crippen molar-refractivity contribution in [3.63, 3.8) is 0 Å². The van der Waals surface area contributed by atoms with Crippen molar-refractivity contribution in [1.29, 1.82) is 0 Å². The second kappa shape index (κ2) is 18.6. The van der Waals surface area contributed by atoms with E-state index in [-0.39, 0.29) is 11.5 Å². The summed E-state index contributed by atoms with van der Waals surface area (Å²) in [7, 11) is 0. The van der Waals surface area contributed by atoms with Crippen LogP contribution in [0.25, 0.3) is 11.0 Å². The average molecular weight is 732 g/mol. The van der Waals surface area contributed by atoms with E-state index in [1.54, 1.807) is 16.8 Å². The first kappa shape index (κ1) is 40.1. The summed E-state index contributed by atoms with van der Waals surface area (Å²) in [5.41, 5.74) is 6.16. The van der Waals surface area contributed by atoms with Gasteiger partial charge in [-0.15, -0.1) is 0 Å². The van der Waals surface area contributed by atoms with Crippen LogP contribution in [0.3, 0.4) is 0 Å². The highest BCUT2D eigenvalue weighted by Crippen LogP contribution is 2.16. The molecule has 19 nitrogen and oxygen atoms in total. The first-order valence-corrected chi connectivity index (χ1v) is 16.0. The number of carboxylic acid groups (broad SMARTS) is 4. The van der Waals surface area contributed by atoms with Crippen LogP contribution in [0, 0.1) is 5.82 Å². The number of anilines is 1. The number of benzene rings is 1. The summed E-state index contributed by atoms with van der Waals surface area (Å²) >= 11 is 0. The number of carbonyl (C=O) groups excluding carboxylic acids is 3. The Morgan fingerprint density at radius 1 is 0.808 bits per heavy atom. The SMILES string of the molecule is Nc1nc2ccn(CCCCc3ccc(C(=O)N[C@H](CCC(=O)N[C@@H](CCC(=O)N[C@H](CCC(=O)O)C(=O)O)C(=O)O)C(=O)O)c(F)c3)c2c(=O)[nH]1. The number of aromatic amines is 1. The lowest BCUT2D eigenvalue weighted by molar-refractivity contribution is -0.144. The van der Waals surface area contributed by atoms with Crippen molar-refractivity contribution in [2.75, 3.05) is 5.73 Å². The second-order valence-electron chi connectivity index (χ2n) is 11.8. The first-order valence-electron chi connectivity index (χ1n) is 16.0. The number of nitrogens with zero attached hydrogens (tertiary/aromatic N) is 2. The Bertz CT molecular complexity index is 1890. The third-order valence-electron chi connectivity index (χ3n) is 7.87. The van der Waals surface area contributed by atoms with Gasteiger partial charge in [-0.05, 0) is 62.3 Å². The van der Waals surface area contributed by atoms with Crippen molar-refractivity contribution in [3.05, 3.63) is 57.8 Å². The topological polar surface area (TPSA) is 313 Å². The molecule has 0 aliphatic carbocycles. The maximum absolute atomic E-state index is 14.9. The minimum absolute atomic E-state index is 0.00910. The summed E-state index contributed by atoms with van der Waals surface area (Å²) < 4.78 is 16.6. The molecule has 2 heterocycles. The van der Waals surface area contributed by atoms with E-state index < -0.39 is 110 Å². The zero-order valence-electron chi connectivity index (χ0n) is 27.6. The Morgan fingerprint density at radius 2 is 1.37 bits per heavy atom. The van der Waals surface area contributed by atoms with Gasteiger partial charge in [0.15, 0.2) is 0 Å². The molecule has 0 spiro atoms. The van der Waals surface area contributed by atoms with Gasteiger partial charge in [-0.25, -0.2) is 23.8 Å². The number of halogens is 1. The van der Waals surface area contributed by atoms with Crippen molar-refractivity contribution in [3.8, 4) is 0 Å². The van der Waals surface area contributed by atoms with E-state index in [1.165, 1.54) is 12.1 Å². The molecule has 3 atom stereocenters. The Morgan fingerprint density at radius 3 is 1.90 bits per heavy atom. The molecule has 0 bridgehead atoms. The van der Waals surface area contributed by atoms with Crippen molar-refractivity contribution in [2.45, 2.75) is 82.5 Å². The number of aliphatic carboxylic acids is 4. The van der Waals surface area contributed by atoms with Crippen LogP contribution in [0.5, 0.6) is 0 Å². The Kier molecular flexibility index (Phi) is 14.3. The highest BCUT2D eigenvalue weighted by Gasteiger charge is 2.27. The van der Waals surface area contributed by atoms with E-state index in [2.05, 4.69) is 25.9 Å². The van der Waals surface area contributed by atoms with Crippen LogP contribution in [-0.4, -0.2) is 94.7 Å². The van der Waals surface area contributed by atoms with E-state index >= 15 is 0 Å². The quantitative estimate of drug-likeness (QED) is 0.0662. The minimum atomic E-state index is -1.66. The number of aromatic nitrogens is 3. The van der Waals surface area contributed by atoms with Crippen LogP contribution in [0.1, 0.15) is 67.3 Å².